The number of carboxylic acids is 1. The number of ether oxygens (including phenoxy) is 2. The minimum Gasteiger partial charge on any atom is -0.480 e. The largest absolute Gasteiger partial charge is 0.480 e. The van der Waals surface area contributed by atoms with Crippen molar-refractivity contribution in [3.63, 3.8) is 0 Å². The van der Waals surface area contributed by atoms with Gasteiger partial charge in [0.2, 0.25) is 0 Å². The van der Waals surface area contributed by atoms with Gasteiger partial charge in [0.25, 0.3) is 0 Å². The average Bonchev–Trinajstić information content (AvgIpc) is 3.07. The van der Waals surface area contributed by atoms with Crippen molar-refractivity contribution in [1.29, 1.82) is 0 Å². The van der Waals surface area contributed by atoms with E-state index in [1.165, 1.54) is 77.0 Å². The van der Waals surface area contributed by atoms with Gasteiger partial charge in [0, 0.05) is 12.8 Å². The number of carbonyl (C=O) groups is 3. The van der Waals surface area contributed by atoms with Crippen molar-refractivity contribution in [2.75, 3.05) is 19.8 Å². The Labute approximate surface area is 297 Å². The molecule has 0 amide bonds. The lowest BCUT2D eigenvalue weighted by molar-refractivity contribution is -0.161. The molecule has 0 aliphatic heterocycles. The Morgan fingerprint density at radius 2 is 1.04 bits per heavy atom. The zero-order valence-corrected chi connectivity index (χ0v) is 31.7. The van der Waals surface area contributed by atoms with Crippen LogP contribution >= 0.6 is 7.82 Å². The highest BCUT2D eigenvalue weighted by molar-refractivity contribution is 7.47. The van der Waals surface area contributed by atoms with Gasteiger partial charge in [-0.2, -0.15) is 0 Å². The van der Waals surface area contributed by atoms with E-state index in [0.29, 0.717) is 12.8 Å². The van der Waals surface area contributed by atoms with Crippen LogP contribution in [0.5, 0.6) is 0 Å². The molecule has 0 aliphatic rings. The van der Waals surface area contributed by atoms with Gasteiger partial charge in [-0.3, -0.25) is 23.4 Å². The Balaban J connectivity index is 4.43. The third-order valence-electron chi connectivity index (χ3n) is 8.26. The monoisotopic (exact) mass is 719 g/mol. The highest BCUT2D eigenvalue weighted by Gasteiger charge is 2.28. The molecule has 0 aromatic heterocycles. The molecule has 49 heavy (non-hydrogen) atoms. The van der Waals surface area contributed by atoms with Crippen LogP contribution in [0.4, 0.5) is 0 Å². The summed E-state index contributed by atoms with van der Waals surface area (Å²) < 4.78 is 32.5. The average molecular weight is 720 g/mol. The minimum absolute atomic E-state index is 0.164. The van der Waals surface area contributed by atoms with Gasteiger partial charge in [-0.05, 0) is 32.1 Å². The Morgan fingerprint density at radius 1 is 0.612 bits per heavy atom. The quantitative estimate of drug-likeness (QED) is 0.0244. The van der Waals surface area contributed by atoms with Crippen LogP contribution in [0.2, 0.25) is 0 Å². The molecule has 0 radical (unpaired) electrons. The van der Waals surface area contributed by atoms with E-state index in [2.05, 4.69) is 30.5 Å². The number of hydrogen-bond donors (Lipinski definition) is 3. The fourth-order valence-corrected chi connectivity index (χ4v) is 5.94. The zero-order valence-electron chi connectivity index (χ0n) is 30.8. The second kappa shape index (κ2) is 33.4. The summed E-state index contributed by atoms with van der Waals surface area (Å²) >= 11 is 0. The fraction of sp³-hybridized carbons (Fsp3) is 0.865. The molecule has 4 N–H and O–H groups in total. The van der Waals surface area contributed by atoms with Crippen LogP contribution < -0.4 is 5.73 Å². The van der Waals surface area contributed by atoms with Gasteiger partial charge in [0.1, 0.15) is 12.6 Å². The van der Waals surface area contributed by atoms with Crippen molar-refractivity contribution in [3.05, 3.63) is 12.2 Å². The first-order valence-electron chi connectivity index (χ1n) is 19.2. The maximum atomic E-state index is 12.5. The number of hydrogen-bond acceptors (Lipinski definition) is 9. The number of phosphoric ester groups is 1. The molecule has 0 bridgehead atoms. The third kappa shape index (κ3) is 33.1. The Morgan fingerprint density at radius 3 is 1.55 bits per heavy atom. The highest BCUT2D eigenvalue weighted by Crippen LogP contribution is 2.43. The number of nitrogens with two attached hydrogens (primary N) is 1. The van der Waals surface area contributed by atoms with Gasteiger partial charge in [0.15, 0.2) is 6.10 Å². The highest BCUT2D eigenvalue weighted by atomic mass is 31.2. The molecule has 0 saturated carbocycles. The minimum atomic E-state index is -4.70. The molecule has 0 fully saturated rings. The van der Waals surface area contributed by atoms with Crippen molar-refractivity contribution in [2.45, 2.75) is 187 Å². The van der Waals surface area contributed by atoms with Crippen LogP contribution in [0.1, 0.15) is 174 Å². The number of allylic oxidation sites excluding steroid dienone is 2. The van der Waals surface area contributed by atoms with Gasteiger partial charge in [-0.1, -0.05) is 142 Å². The molecule has 0 rings (SSSR count). The smallest absolute Gasteiger partial charge is 0.472 e. The normalized spacial score (nSPS) is 14.0. The molecule has 0 aliphatic carbocycles. The predicted molar refractivity (Wildman–Crippen MR) is 194 cm³/mol. The summed E-state index contributed by atoms with van der Waals surface area (Å²) in [5.41, 5.74) is 5.31. The molecule has 11 nitrogen and oxygen atoms in total. The maximum Gasteiger partial charge on any atom is 0.472 e. The van der Waals surface area contributed by atoms with E-state index < -0.39 is 51.1 Å². The van der Waals surface area contributed by atoms with Crippen molar-refractivity contribution in [1.82, 2.24) is 0 Å². The number of carboxylic acid groups (broad SMARTS) is 1. The van der Waals surface area contributed by atoms with Gasteiger partial charge in [-0.15, -0.1) is 0 Å². The zero-order chi connectivity index (χ0) is 36.4. The lowest BCUT2D eigenvalue weighted by Crippen LogP contribution is -2.34. The van der Waals surface area contributed by atoms with Crippen LogP contribution in [-0.4, -0.2) is 59.9 Å². The molecule has 0 heterocycles. The summed E-state index contributed by atoms with van der Waals surface area (Å²) in [6.45, 7) is 2.74. The lowest BCUT2D eigenvalue weighted by atomic mass is 10.0. The van der Waals surface area contributed by atoms with Crippen molar-refractivity contribution < 1.29 is 47.5 Å². The van der Waals surface area contributed by atoms with E-state index in [1.807, 2.05) is 0 Å². The fourth-order valence-electron chi connectivity index (χ4n) is 5.16. The summed E-state index contributed by atoms with van der Waals surface area (Å²) in [5, 5.41) is 8.85. The molecular formula is C37H70NO10P. The first kappa shape index (κ1) is 47.2. The van der Waals surface area contributed by atoms with Gasteiger partial charge in [-0.25, -0.2) is 4.57 Å². The molecule has 0 aromatic rings. The Bertz CT molecular complexity index is 900. The molecule has 0 saturated heterocycles. The standard InChI is InChI=1S/C37H70NO10P/c1-3-5-7-9-11-13-15-16-17-19-21-23-25-27-29-36(40)48-33(31-46-49(43,44)47-32-34(38)37(41)42)30-45-35(39)28-26-24-22-20-18-14-12-10-8-6-4-2/h10,12,33-34H,3-9,11,13-32,38H2,1-2H3,(H,41,42)(H,43,44)/b12-10-/t33-,34+/m1/s1. The van der Waals surface area contributed by atoms with Gasteiger partial charge < -0.3 is 25.2 Å². The van der Waals surface area contributed by atoms with E-state index >= 15 is 0 Å². The number of aliphatic carboxylic acids is 1. The van der Waals surface area contributed by atoms with Crippen LogP contribution in [0.15, 0.2) is 12.2 Å². The molecule has 1 unspecified atom stereocenters. The lowest BCUT2D eigenvalue weighted by Gasteiger charge is -2.20. The molecule has 0 aromatic carbocycles. The van der Waals surface area contributed by atoms with Crippen LogP contribution in [0, 0.1) is 0 Å². The summed E-state index contributed by atoms with van der Waals surface area (Å²) in [7, 11) is -4.70. The SMILES string of the molecule is CCCC/C=C\CCCCCCCC(=O)OC[C@H](COP(=O)(O)OC[C@H](N)C(=O)O)OC(=O)CCCCCCCCCCCCCCCC. The summed E-state index contributed by atoms with van der Waals surface area (Å²) in [6, 6.07) is -1.52. The van der Waals surface area contributed by atoms with Crippen molar-refractivity contribution >= 4 is 25.7 Å². The van der Waals surface area contributed by atoms with Crippen LogP contribution in [-0.2, 0) is 37.5 Å². The van der Waals surface area contributed by atoms with Gasteiger partial charge in [0.05, 0.1) is 13.2 Å². The summed E-state index contributed by atoms with van der Waals surface area (Å²) in [4.78, 5) is 45.7. The second-order valence-electron chi connectivity index (χ2n) is 13.1. The van der Waals surface area contributed by atoms with Crippen molar-refractivity contribution in [2.24, 2.45) is 5.73 Å². The summed E-state index contributed by atoms with van der Waals surface area (Å²) in [5.74, 6) is -2.38. The number of rotatable bonds is 36. The van der Waals surface area contributed by atoms with E-state index in [9.17, 15) is 23.8 Å². The van der Waals surface area contributed by atoms with E-state index in [0.717, 1.165) is 57.8 Å². The first-order chi connectivity index (χ1) is 23.6. The Hall–Kier alpha value is -1.78. The molecule has 3 atom stereocenters. The predicted octanol–water partition coefficient (Wildman–Crippen LogP) is 9.34. The first-order valence-corrected chi connectivity index (χ1v) is 20.7. The van der Waals surface area contributed by atoms with E-state index in [4.69, 9.17) is 24.8 Å². The van der Waals surface area contributed by atoms with E-state index in [1.54, 1.807) is 0 Å². The third-order valence-corrected chi connectivity index (χ3v) is 9.21. The van der Waals surface area contributed by atoms with Gasteiger partial charge >= 0.3 is 25.7 Å². The molecule has 288 valence electrons. The molecule has 0 spiro atoms. The Kier molecular flexibility index (Phi) is 32.2. The van der Waals surface area contributed by atoms with E-state index in [-0.39, 0.29) is 19.4 Å². The van der Waals surface area contributed by atoms with Crippen LogP contribution in [0.3, 0.4) is 0 Å². The van der Waals surface area contributed by atoms with Crippen molar-refractivity contribution in [3.8, 4) is 0 Å². The number of esters is 2. The molecule has 12 heteroatoms. The number of unbranched alkanes of at least 4 members (excludes halogenated alkanes) is 20. The summed E-state index contributed by atoms with van der Waals surface area (Å²) in [6.07, 6.45) is 30.0. The molecular weight excluding hydrogens is 649 g/mol. The maximum absolute atomic E-state index is 12.5. The second-order valence-corrected chi connectivity index (χ2v) is 14.5. The topological polar surface area (TPSA) is 172 Å². The number of phosphoric acid groups is 1. The number of carbonyl (C=O) groups excluding carboxylic acids is 2. The van der Waals surface area contributed by atoms with Crippen LogP contribution in [0.25, 0.3) is 0 Å².